The molecule has 0 atom stereocenters. The quantitative estimate of drug-likeness (QED) is 0.915. The fourth-order valence-electron chi connectivity index (χ4n) is 2.97. The zero-order valence-corrected chi connectivity index (χ0v) is 13.8. The summed E-state index contributed by atoms with van der Waals surface area (Å²) in [6.45, 7) is 3.79. The van der Waals surface area contributed by atoms with E-state index in [0.29, 0.717) is 17.2 Å². The second kappa shape index (κ2) is 6.87. The maximum absolute atomic E-state index is 5.63. The average Bonchev–Trinajstić information content (AvgIpc) is 2.88. The molecular weight excluding hydrogens is 296 g/mol. The third-order valence-electron chi connectivity index (χ3n) is 4.05. The number of ether oxygens (including phenoxy) is 3. The molecular formula is C16H22N4O3. The van der Waals surface area contributed by atoms with Gasteiger partial charge in [0.15, 0.2) is 11.5 Å². The van der Waals surface area contributed by atoms with Gasteiger partial charge in [-0.2, -0.15) is 0 Å². The Bertz CT molecular complexity index is 685. The summed E-state index contributed by atoms with van der Waals surface area (Å²) >= 11 is 0. The molecule has 7 nitrogen and oxygen atoms in total. The lowest BCUT2D eigenvalue weighted by atomic mass is 10.1. The number of anilines is 1. The minimum Gasteiger partial charge on any atom is -0.493 e. The standard InChI is InChI=1S/C16H22N4O3/c1-21-12-9-11-13(15(23-3)14(12)22-2)16(19-10-18-11)20-7-4-5-17-6-8-20/h9-10,17H,4-8H2,1-3H3. The molecule has 0 saturated carbocycles. The van der Waals surface area contributed by atoms with Crippen LogP contribution < -0.4 is 24.4 Å². The Morgan fingerprint density at radius 3 is 2.57 bits per heavy atom. The molecule has 3 rings (SSSR count). The number of methoxy groups -OCH3 is 3. The zero-order chi connectivity index (χ0) is 16.2. The van der Waals surface area contributed by atoms with Gasteiger partial charge in [-0.1, -0.05) is 0 Å². The van der Waals surface area contributed by atoms with Gasteiger partial charge in [-0.05, 0) is 13.0 Å². The van der Waals surface area contributed by atoms with Crippen LogP contribution >= 0.6 is 0 Å². The minimum atomic E-state index is 0.562. The number of fused-ring (bicyclic) bond motifs is 1. The van der Waals surface area contributed by atoms with Crippen molar-refractivity contribution in [2.75, 3.05) is 52.4 Å². The SMILES string of the molecule is COc1cc2ncnc(N3CCCNCC3)c2c(OC)c1OC. The van der Waals surface area contributed by atoms with E-state index in [1.165, 1.54) is 0 Å². The molecule has 0 amide bonds. The van der Waals surface area contributed by atoms with Crippen LogP contribution in [0.2, 0.25) is 0 Å². The summed E-state index contributed by atoms with van der Waals surface area (Å²) < 4.78 is 16.5. The van der Waals surface area contributed by atoms with Crippen LogP contribution in [0.25, 0.3) is 10.9 Å². The molecule has 1 fully saturated rings. The predicted octanol–water partition coefficient (Wildman–Crippen LogP) is 1.46. The molecule has 0 bridgehead atoms. The Labute approximate surface area is 135 Å². The topological polar surface area (TPSA) is 68.7 Å². The number of nitrogens with zero attached hydrogens (tertiary/aromatic N) is 3. The second-order valence-electron chi connectivity index (χ2n) is 5.33. The summed E-state index contributed by atoms with van der Waals surface area (Å²) in [5.74, 6) is 2.64. The zero-order valence-electron chi connectivity index (χ0n) is 13.8. The van der Waals surface area contributed by atoms with Gasteiger partial charge in [-0.15, -0.1) is 0 Å². The van der Waals surface area contributed by atoms with Gasteiger partial charge in [0.2, 0.25) is 5.75 Å². The van der Waals surface area contributed by atoms with Crippen LogP contribution in [0.3, 0.4) is 0 Å². The first-order valence-corrected chi connectivity index (χ1v) is 7.69. The van der Waals surface area contributed by atoms with Gasteiger partial charge < -0.3 is 24.4 Å². The summed E-state index contributed by atoms with van der Waals surface area (Å²) in [5, 5.41) is 4.26. The van der Waals surface area contributed by atoms with Crippen LogP contribution in [0.4, 0.5) is 5.82 Å². The van der Waals surface area contributed by atoms with E-state index in [0.717, 1.165) is 49.3 Å². The fourth-order valence-corrected chi connectivity index (χ4v) is 2.97. The Morgan fingerprint density at radius 2 is 1.83 bits per heavy atom. The summed E-state index contributed by atoms with van der Waals surface area (Å²) in [6, 6.07) is 1.86. The second-order valence-corrected chi connectivity index (χ2v) is 5.33. The van der Waals surface area contributed by atoms with Crippen molar-refractivity contribution < 1.29 is 14.2 Å². The van der Waals surface area contributed by atoms with Gasteiger partial charge in [-0.25, -0.2) is 9.97 Å². The first-order chi connectivity index (χ1) is 11.3. The molecule has 1 aromatic carbocycles. The van der Waals surface area contributed by atoms with E-state index in [9.17, 15) is 0 Å². The molecule has 0 spiro atoms. The van der Waals surface area contributed by atoms with E-state index in [2.05, 4.69) is 20.2 Å². The van der Waals surface area contributed by atoms with Gasteiger partial charge in [0, 0.05) is 25.7 Å². The van der Waals surface area contributed by atoms with Crippen LogP contribution in [0.1, 0.15) is 6.42 Å². The van der Waals surface area contributed by atoms with Gasteiger partial charge in [0.1, 0.15) is 12.1 Å². The molecule has 124 valence electrons. The van der Waals surface area contributed by atoms with Gasteiger partial charge in [-0.3, -0.25) is 0 Å². The third kappa shape index (κ3) is 2.84. The Morgan fingerprint density at radius 1 is 1.00 bits per heavy atom. The Kier molecular flexibility index (Phi) is 4.66. The number of hydrogen-bond acceptors (Lipinski definition) is 7. The van der Waals surface area contributed by atoms with Crippen LogP contribution in [0.15, 0.2) is 12.4 Å². The first kappa shape index (κ1) is 15.6. The van der Waals surface area contributed by atoms with E-state index >= 15 is 0 Å². The number of benzene rings is 1. The highest BCUT2D eigenvalue weighted by atomic mass is 16.5. The Balaban J connectivity index is 2.22. The molecule has 23 heavy (non-hydrogen) atoms. The number of aromatic nitrogens is 2. The molecule has 7 heteroatoms. The van der Waals surface area contributed by atoms with Crippen molar-refractivity contribution in [3.8, 4) is 17.2 Å². The number of rotatable bonds is 4. The minimum absolute atomic E-state index is 0.562. The molecule has 1 aliphatic heterocycles. The van der Waals surface area contributed by atoms with E-state index in [-0.39, 0.29) is 0 Å². The lowest BCUT2D eigenvalue weighted by Crippen LogP contribution is -2.28. The van der Waals surface area contributed by atoms with Gasteiger partial charge in [0.25, 0.3) is 0 Å². The summed E-state index contributed by atoms with van der Waals surface area (Å²) in [6.07, 6.45) is 2.66. The molecule has 1 N–H and O–H groups in total. The average molecular weight is 318 g/mol. The lowest BCUT2D eigenvalue weighted by Gasteiger charge is -2.24. The first-order valence-electron chi connectivity index (χ1n) is 7.69. The summed E-state index contributed by atoms with van der Waals surface area (Å²) in [4.78, 5) is 11.2. The predicted molar refractivity (Wildman–Crippen MR) is 88.9 cm³/mol. The van der Waals surface area contributed by atoms with Crippen LogP contribution in [0.5, 0.6) is 17.2 Å². The van der Waals surface area contributed by atoms with Crippen molar-refractivity contribution >= 4 is 16.7 Å². The van der Waals surface area contributed by atoms with Crippen molar-refractivity contribution in [2.24, 2.45) is 0 Å². The summed E-state index contributed by atoms with van der Waals surface area (Å²) in [7, 11) is 4.83. The Hall–Kier alpha value is -2.28. The maximum atomic E-state index is 5.63. The molecule has 2 heterocycles. The van der Waals surface area contributed by atoms with E-state index < -0.39 is 0 Å². The molecule has 1 saturated heterocycles. The highest BCUT2D eigenvalue weighted by Crippen LogP contribution is 2.45. The molecule has 0 radical (unpaired) electrons. The van der Waals surface area contributed by atoms with E-state index in [4.69, 9.17) is 14.2 Å². The van der Waals surface area contributed by atoms with Gasteiger partial charge >= 0.3 is 0 Å². The van der Waals surface area contributed by atoms with Crippen molar-refractivity contribution in [2.45, 2.75) is 6.42 Å². The van der Waals surface area contributed by atoms with Crippen molar-refractivity contribution in [1.82, 2.24) is 15.3 Å². The highest BCUT2D eigenvalue weighted by Gasteiger charge is 2.23. The largest absolute Gasteiger partial charge is 0.493 e. The van der Waals surface area contributed by atoms with Crippen LogP contribution in [-0.2, 0) is 0 Å². The fraction of sp³-hybridized carbons (Fsp3) is 0.500. The number of nitrogens with one attached hydrogen (secondary N) is 1. The molecule has 0 unspecified atom stereocenters. The van der Waals surface area contributed by atoms with Crippen LogP contribution in [-0.4, -0.2) is 57.5 Å². The number of hydrogen-bond donors (Lipinski definition) is 1. The van der Waals surface area contributed by atoms with Crippen molar-refractivity contribution in [3.05, 3.63) is 12.4 Å². The highest BCUT2D eigenvalue weighted by molar-refractivity contribution is 5.98. The van der Waals surface area contributed by atoms with E-state index in [1.807, 2.05) is 6.07 Å². The van der Waals surface area contributed by atoms with Crippen molar-refractivity contribution in [3.63, 3.8) is 0 Å². The molecule has 1 aromatic heterocycles. The van der Waals surface area contributed by atoms with Crippen molar-refractivity contribution in [1.29, 1.82) is 0 Å². The molecule has 2 aromatic rings. The smallest absolute Gasteiger partial charge is 0.204 e. The van der Waals surface area contributed by atoms with E-state index in [1.54, 1.807) is 27.7 Å². The maximum Gasteiger partial charge on any atom is 0.204 e. The summed E-state index contributed by atoms with van der Waals surface area (Å²) in [5.41, 5.74) is 0.779. The van der Waals surface area contributed by atoms with Crippen LogP contribution in [0, 0.1) is 0 Å². The monoisotopic (exact) mass is 318 g/mol. The normalized spacial score (nSPS) is 15.3. The molecule has 1 aliphatic rings. The molecule has 0 aliphatic carbocycles. The third-order valence-corrected chi connectivity index (χ3v) is 4.05. The van der Waals surface area contributed by atoms with Gasteiger partial charge in [0.05, 0.1) is 32.2 Å². The lowest BCUT2D eigenvalue weighted by molar-refractivity contribution is 0.327.